The van der Waals surface area contributed by atoms with Crippen molar-refractivity contribution in [3.05, 3.63) is 179 Å². The monoisotopic (exact) mass is 643 g/mol. The van der Waals surface area contributed by atoms with Crippen LogP contribution in [0, 0.1) is 0 Å². The number of benzene rings is 5. The lowest BCUT2D eigenvalue weighted by molar-refractivity contribution is 0.564. The zero-order chi connectivity index (χ0) is 33.4. The van der Waals surface area contributed by atoms with E-state index in [0.29, 0.717) is 5.82 Å². The van der Waals surface area contributed by atoms with E-state index in [1.54, 1.807) is 0 Å². The molecule has 0 saturated heterocycles. The van der Waals surface area contributed by atoms with Crippen LogP contribution < -0.4 is 16.0 Å². The van der Waals surface area contributed by atoms with E-state index < -0.39 is 0 Å². The first-order chi connectivity index (χ1) is 24.5. The summed E-state index contributed by atoms with van der Waals surface area (Å²) in [5.41, 5.74) is 15.0. The van der Waals surface area contributed by atoms with Crippen LogP contribution in [0.25, 0.3) is 67.3 Å². The third-order valence-electron chi connectivity index (χ3n) is 10.5. The average molecular weight is 644 g/mol. The highest BCUT2D eigenvalue weighted by Crippen LogP contribution is 2.49. The Morgan fingerprint density at radius 2 is 1.32 bits per heavy atom. The van der Waals surface area contributed by atoms with Gasteiger partial charge in [-0.15, -0.1) is 0 Å². The van der Waals surface area contributed by atoms with Crippen LogP contribution in [0.2, 0.25) is 0 Å². The van der Waals surface area contributed by atoms with Gasteiger partial charge in [0, 0.05) is 33.1 Å². The molecule has 4 nitrogen and oxygen atoms in total. The molecule has 1 aliphatic heterocycles. The molecule has 5 aromatic carbocycles. The summed E-state index contributed by atoms with van der Waals surface area (Å²) in [6, 6.07) is 45.0. The summed E-state index contributed by atoms with van der Waals surface area (Å²) in [4.78, 5) is 10.5. The van der Waals surface area contributed by atoms with E-state index in [9.17, 15) is 0 Å². The van der Waals surface area contributed by atoms with Crippen LogP contribution in [-0.2, 0) is 5.41 Å². The smallest absolute Gasteiger partial charge is 0.160 e. The molecule has 1 N–H and O–H groups in total. The number of nitrogens with one attached hydrogen (secondary N) is 1. The van der Waals surface area contributed by atoms with Gasteiger partial charge in [-0.05, 0) is 58.1 Å². The van der Waals surface area contributed by atoms with Gasteiger partial charge in [0.15, 0.2) is 5.82 Å². The van der Waals surface area contributed by atoms with Crippen LogP contribution in [0.5, 0.6) is 0 Å². The minimum Gasteiger partial charge on any atom is -0.456 e. The number of rotatable bonds is 4. The SMILES string of the molecule is CC1(C)c2ccccc2-c2ccc(-c3nc(-c4ccccc4)cc(-c4ccc5oc6c(c5c4)=C(c4ccccc4)NC4C=CC=CC=64)n3)cc21. The molecular formula is C46H33N3O. The molecule has 2 aliphatic carbocycles. The Hall–Kier alpha value is -6.26. The van der Waals surface area contributed by atoms with E-state index in [1.807, 2.05) is 6.07 Å². The Bertz CT molecular complexity index is 2700. The molecule has 0 amide bonds. The molecule has 238 valence electrons. The molecule has 4 heteroatoms. The molecule has 2 aromatic heterocycles. The molecule has 50 heavy (non-hydrogen) atoms. The van der Waals surface area contributed by atoms with Crippen molar-refractivity contribution >= 4 is 22.2 Å². The van der Waals surface area contributed by atoms with Gasteiger partial charge in [0.05, 0.1) is 28.3 Å². The average Bonchev–Trinajstić information content (AvgIpc) is 3.67. The first-order valence-electron chi connectivity index (χ1n) is 17.2. The fraction of sp³-hybridized carbons (Fsp3) is 0.0870. The van der Waals surface area contributed by atoms with Gasteiger partial charge in [0.1, 0.15) is 11.0 Å². The molecule has 0 radical (unpaired) electrons. The number of fused-ring (bicyclic) bond motifs is 7. The van der Waals surface area contributed by atoms with Crippen molar-refractivity contribution in [3.8, 4) is 45.0 Å². The second-order valence-electron chi connectivity index (χ2n) is 13.8. The van der Waals surface area contributed by atoms with Gasteiger partial charge in [-0.25, -0.2) is 9.97 Å². The van der Waals surface area contributed by atoms with E-state index >= 15 is 0 Å². The summed E-state index contributed by atoms with van der Waals surface area (Å²) in [6.45, 7) is 4.62. The molecule has 3 heterocycles. The van der Waals surface area contributed by atoms with Gasteiger partial charge in [0.25, 0.3) is 0 Å². The van der Waals surface area contributed by atoms with Crippen LogP contribution in [-0.4, -0.2) is 16.0 Å². The van der Waals surface area contributed by atoms with Gasteiger partial charge in [-0.1, -0.05) is 135 Å². The topological polar surface area (TPSA) is 51.0 Å². The third kappa shape index (κ3) is 4.38. The van der Waals surface area contributed by atoms with Crippen LogP contribution in [0.3, 0.4) is 0 Å². The lowest BCUT2D eigenvalue weighted by Gasteiger charge is -2.24. The predicted octanol–water partition coefficient (Wildman–Crippen LogP) is 8.94. The maximum Gasteiger partial charge on any atom is 0.160 e. The summed E-state index contributed by atoms with van der Waals surface area (Å²) < 4.78 is 6.66. The maximum atomic E-state index is 6.66. The molecule has 0 saturated carbocycles. The summed E-state index contributed by atoms with van der Waals surface area (Å²) in [5.74, 6) is 0.709. The molecule has 0 fully saturated rings. The standard InChI is InChI=1S/C46H33N3O/c1-46(2)36-19-11-9-17-32(36)33-23-21-31(26-37(33)46)45-48-39(28-13-5-3-6-14-28)27-40(49-45)30-22-24-41-35(25-30)42-43(29-15-7-4-8-16-29)47-38-20-12-10-18-34(38)44(42)50-41/h3-27,38,47H,1-2H3. The number of hydrogen-bond donors (Lipinski definition) is 1. The summed E-state index contributed by atoms with van der Waals surface area (Å²) in [5, 5.41) is 5.95. The minimum absolute atomic E-state index is 0.0469. The van der Waals surface area contributed by atoms with Crippen molar-refractivity contribution in [2.75, 3.05) is 0 Å². The summed E-state index contributed by atoms with van der Waals surface area (Å²) in [6.07, 6.45) is 8.51. The number of furan rings is 1. The van der Waals surface area contributed by atoms with Crippen LogP contribution in [0.1, 0.15) is 30.5 Å². The number of nitrogens with zero attached hydrogens (tertiary/aromatic N) is 2. The number of hydrogen-bond acceptors (Lipinski definition) is 4. The van der Waals surface area contributed by atoms with Gasteiger partial charge >= 0.3 is 0 Å². The lowest BCUT2D eigenvalue weighted by Crippen LogP contribution is -2.44. The first kappa shape index (κ1) is 28.7. The Morgan fingerprint density at radius 3 is 2.14 bits per heavy atom. The van der Waals surface area contributed by atoms with Crippen LogP contribution >= 0.6 is 0 Å². The normalized spacial score (nSPS) is 16.5. The third-order valence-corrected chi connectivity index (χ3v) is 10.5. The summed E-state index contributed by atoms with van der Waals surface area (Å²) in [7, 11) is 0. The fourth-order valence-electron chi connectivity index (χ4n) is 7.98. The highest BCUT2D eigenvalue weighted by molar-refractivity contribution is 5.90. The fourth-order valence-corrected chi connectivity index (χ4v) is 7.98. The Labute approximate surface area is 290 Å². The highest BCUT2D eigenvalue weighted by atomic mass is 16.3. The highest BCUT2D eigenvalue weighted by Gasteiger charge is 2.35. The lowest BCUT2D eigenvalue weighted by atomic mass is 9.82. The van der Waals surface area contributed by atoms with Crippen molar-refractivity contribution in [2.24, 2.45) is 0 Å². The van der Waals surface area contributed by atoms with E-state index in [-0.39, 0.29) is 11.5 Å². The molecule has 0 spiro atoms. The molecule has 10 rings (SSSR count). The molecule has 3 aliphatic rings. The van der Waals surface area contributed by atoms with E-state index in [2.05, 4.69) is 165 Å². The van der Waals surface area contributed by atoms with E-state index in [4.69, 9.17) is 14.4 Å². The predicted molar refractivity (Wildman–Crippen MR) is 202 cm³/mol. The second-order valence-corrected chi connectivity index (χ2v) is 13.8. The zero-order valence-corrected chi connectivity index (χ0v) is 27.8. The maximum absolute atomic E-state index is 6.66. The first-order valence-corrected chi connectivity index (χ1v) is 17.2. The van der Waals surface area contributed by atoms with Crippen molar-refractivity contribution in [1.82, 2.24) is 15.3 Å². The van der Waals surface area contributed by atoms with Gasteiger partial charge < -0.3 is 9.73 Å². The molecular weight excluding hydrogens is 611 g/mol. The number of allylic oxidation sites excluding steroid dienone is 2. The van der Waals surface area contributed by atoms with Crippen LogP contribution in [0.15, 0.2) is 156 Å². The summed E-state index contributed by atoms with van der Waals surface area (Å²) >= 11 is 0. The van der Waals surface area contributed by atoms with Crippen molar-refractivity contribution in [3.63, 3.8) is 0 Å². The largest absolute Gasteiger partial charge is 0.456 e. The second kappa shape index (κ2) is 10.9. The molecule has 1 unspecified atom stereocenters. The van der Waals surface area contributed by atoms with Gasteiger partial charge in [-0.2, -0.15) is 0 Å². The molecule has 1 atom stereocenters. The minimum atomic E-state index is -0.117. The Kier molecular flexibility index (Phi) is 6.25. The Balaban J connectivity index is 1.19. The van der Waals surface area contributed by atoms with Crippen molar-refractivity contribution in [2.45, 2.75) is 25.3 Å². The quantitative estimate of drug-likeness (QED) is 0.208. The van der Waals surface area contributed by atoms with E-state index in [1.165, 1.54) is 22.3 Å². The Morgan fingerprint density at radius 1 is 0.620 bits per heavy atom. The van der Waals surface area contributed by atoms with Crippen molar-refractivity contribution < 1.29 is 4.42 Å². The molecule has 0 bridgehead atoms. The van der Waals surface area contributed by atoms with Crippen molar-refractivity contribution in [1.29, 1.82) is 0 Å². The van der Waals surface area contributed by atoms with Gasteiger partial charge in [-0.3, -0.25) is 0 Å². The molecule has 7 aromatic rings. The van der Waals surface area contributed by atoms with Crippen LogP contribution in [0.4, 0.5) is 0 Å². The zero-order valence-electron chi connectivity index (χ0n) is 27.8. The van der Waals surface area contributed by atoms with E-state index in [0.717, 1.165) is 66.5 Å². The van der Waals surface area contributed by atoms with Gasteiger partial charge in [0.2, 0.25) is 0 Å². The number of aromatic nitrogens is 2.